The molecular weight excluding hydrogens is 459 g/mol. The number of ether oxygens (including phenoxy) is 3. The summed E-state index contributed by atoms with van der Waals surface area (Å²) in [7, 11) is 1.58. The summed E-state index contributed by atoms with van der Waals surface area (Å²) >= 11 is 2.21. The Labute approximate surface area is 173 Å². The fraction of sp³-hybridized carbons (Fsp3) is 0.300. The van der Waals surface area contributed by atoms with Crippen LogP contribution in [0.15, 0.2) is 41.5 Å². The van der Waals surface area contributed by atoms with E-state index >= 15 is 0 Å². The van der Waals surface area contributed by atoms with Gasteiger partial charge in [0.1, 0.15) is 5.75 Å². The van der Waals surface area contributed by atoms with Gasteiger partial charge in [0.25, 0.3) is 5.91 Å². The van der Waals surface area contributed by atoms with Crippen LogP contribution in [0, 0.1) is 3.57 Å². The van der Waals surface area contributed by atoms with E-state index in [1.165, 1.54) is 0 Å². The van der Waals surface area contributed by atoms with Gasteiger partial charge < -0.3 is 14.2 Å². The van der Waals surface area contributed by atoms with Gasteiger partial charge >= 0.3 is 0 Å². The van der Waals surface area contributed by atoms with Gasteiger partial charge in [-0.3, -0.25) is 4.79 Å². The second-order valence-electron chi connectivity index (χ2n) is 5.54. The molecule has 0 radical (unpaired) electrons. The third kappa shape index (κ3) is 6.13. The average Bonchev–Trinajstić information content (AvgIpc) is 2.67. The molecular formula is C20H23IN2O4. The van der Waals surface area contributed by atoms with Gasteiger partial charge in [-0.2, -0.15) is 5.10 Å². The topological polar surface area (TPSA) is 69.2 Å². The summed E-state index contributed by atoms with van der Waals surface area (Å²) < 4.78 is 17.5. The number of rotatable bonds is 9. The maximum absolute atomic E-state index is 12.1. The van der Waals surface area contributed by atoms with Crippen LogP contribution in [-0.2, 0) is 0 Å². The molecule has 0 saturated heterocycles. The monoisotopic (exact) mass is 482 g/mol. The van der Waals surface area contributed by atoms with E-state index in [0.717, 1.165) is 21.3 Å². The van der Waals surface area contributed by atoms with E-state index in [4.69, 9.17) is 14.2 Å². The van der Waals surface area contributed by atoms with Gasteiger partial charge in [0.15, 0.2) is 11.5 Å². The van der Waals surface area contributed by atoms with Crippen molar-refractivity contribution < 1.29 is 19.0 Å². The average molecular weight is 482 g/mol. The van der Waals surface area contributed by atoms with Crippen molar-refractivity contribution in [1.82, 2.24) is 5.43 Å². The summed E-state index contributed by atoms with van der Waals surface area (Å²) in [6.07, 6.45) is 2.50. The Morgan fingerprint density at radius 1 is 1.19 bits per heavy atom. The third-order valence-electron chi connectivity index (χ3n) is 3.51. The van der Waals surface area contributed by atoms with Crippen LogP contribution in [0.3, 0.4) is 0 Å². The summed E-state index contributed by atoms with van der Waals surface area (Å²) in [5.41, 5.74) is 3.83. The third-order valence-corrected chi connectivity index (χ3v) is 4.32. The maximum Gasteiger partial charge on any atom is 0.271 e. The number of carbonyl (C=O) groups is 1. The molecule has 0 unspecified atom stereocenters. The second-order valence-corrected chi connectivity index (χ2v) is 6.70. The molecule has 2 rings (SSSR count). The number of methoxy groups -OCH3 is 1. The number of hydrogen-bond acceptors (Lipinski definition) is 5. The van der Waals surface area contributed by atoms with Crippen molar-refractivity contribution in [3.8, 4) is 17.2 Å². The number of nitrogens with one attached hydrogen (secondary N) is 1. The number of benzene rings is 2. The van der Waals surface area contributed by atoms with Crippen molar-refractivity contribution in [2.24, 2.45) is 5.10 Å². The lowest BCUT2D eigenvalue weighted by Gasteiger charge is -2.14. The lowest BCUT2D eigenvalue weighted by molar-refractivity contribution is 0.0955. The molecule has 0 spiro atoms. The Balaban J connectivity index is 2.09. The highest BCUT2D eigenvalue weighted by atomic mass is 127. The smallest absolute Gasteiger partial charge is 0.271 e. The molecule has 144 valence electrons. The Morgan fingerprint density at radius 3 is 2.56 bits per heavy atom. The van der Waals surface area contributed by atoms with E-state index in [0.29, 0.717) is 30.3 Å². The number of hydrogen-bond donors (Lipinski definition) is 1. The summed E-state index contributed by atoms with van der Waals surface area (Å²) in [4.78, 5) is 12.1. The van der Waals surface area contributed by atoms with Crippen molar-refractivity contribution in [3.05, 3.63) is 51.1 Å². The molecule has 27 heavy (non-hydrogen) atoms. The normalized spacial score (nSPS) is 10.7. The van der Waals surface area contributed by atoms with E-state index in [1.807, 2.05) is 19.1 Å². The van der Waals surface area contributed by atoms with Crippen molar-refractivity contribution in [1.29, 1.82) is 0 Å². The largest absolute Gasteiger partial charge is 0.497 e. The van der Waals surface area contributed by atoms with Gasteiger partial charge in [-0.25, -0.2) is 5.43 Å². The molecule has 0 fully saturated rings. The van der Waals surface area contributed by atoms with Crippen molar-refractivity contribution in [3.63, 3.8) is 0 Å². The molecule has 6 nitrogen and oxygen atoms in total. The zero-order valence-corrected chi connectivity index (χ0v) is 17.8. The van der Waals surface area contributed by atoms with Gasteiger partial charge in [0.05, 0.1) is 30.1 Å². The minimum atomic E-state index is -0.295. The molecule has 0 aliphatic heterocycles. The number of nitrogens with zero attached hydrogens (tertiary/aromatic N) is 1. The van der Waals surface area contributed by atoms with Crippen molar-refractivity contribution in [2.45, 2.75) is 20.3 Å². The maximum atomic E-state index is 12.1. The fourth-order valence-corrected chi connectivity index (χ4v) is 3.02. The van der Waals surface area contributed by atoms with E-state index in [1.54, 1.807) is 37.6 Å². The Kier molecular flexibility index (Phi) is 8.38. The Morgan fingerprint density at radius 2 is 1.93 bits per heavy atom. The lowest BCUT2D eigenvalue weighted by Crippen LogP contribution is -2.17. The molecule has 7 heteroatoms. The van der Waals surface area contributed by atoms with Gasteiger partial charge in [-0.05, 0) is 77.9 Å². The Hall–Kier alpha value is -2.29. The highest BCUT2D eigenvalue weighted by molar-refractivity contribution is 14.1. The molecule has 0 aromatic heterocycles. The van der Waals surface area contributed by atoms with Crippen LogP contribution in [0.25, 0.3) is 0 Å². The van der Waals surface area contributed by atoms with Crippen LogP contribution in [-0.4, -0.2) is 32.4 Å². The van der Waals surface area contributed by atoms with Gasteiger partial charge in [-0.1, -0.05) is 6.92 Å². The zero-order chi connectivity index (χ0) is 19.6. The molecule has 2 aromatic rings. The van der Waals surface area contributed by atoms with E-state index in [9.17, 15) is 4.79 Å². The molecule has 1 N–H and O–H groups in total. The molecule has 0 bridgehead atoms. The van der Waals surface area contributed by atoms with Crippen LogP contribution in [0.2, 0.25) is 0 Å². The molecule has 0 atom stereocenters. The zero-order valence-electron chi connectivity index (χ0n) is 15.6. The van der Waals surface area contributed by atoms with Crippen LogP contribution in [0.1, 0.15) is 36.2 Å². The molecule has 0 heterocycles. The van der Waals surface area contributed by atoms with Crippen LogP contribution >= 0.6 is 22.6 Å². The number of amides is 1. The predicted molar refractivity (Wildman–Crippen MR) is 114 cm³/mol. The predicted octanol–water partition coefficient (Wildman–Crippen LogP) is 4.25. The number of hydrazone groups is 1. The Bertz CT molecular complexity index is 791. The van der Waals surface area contributed by atoms with Gasteiger partial charge in [-0.15, -0.1) is 0 Å². The summed E-state index contributed by atoms with van der Waals surface area (Å²) in [6, 6.07) is 10.6. The summed E-state index contributed by atoms with van der Waals surface area (Å²) in [5.74, 6) is 1.80. The second kappa shape index (κ2) is 10.8. The standard InChI is InChI=1S/C20H23IN2O4/c1-4-10-27-19-17(21)11-14(12-18(19)26-5-2)13-22-23-20(24)15-6-8-16(25-3)9-7-15/h6-9,11-13H,4-5,10H2,1-3H3,(H,23,24)/b22-13+. The van der Waals surface area contributed by atoms with Crippen molar-refractivity contribution >= 4 is 34.7 Å². The highest BCUT2D eigenvalue weighted by Gasteiger charge is 2.11. The minimum Gasteiger partial charge on any atom is -0.497 e. The van der Waals surface area contributed by atoms with E-state index in [2.05, 4.69) is 40.0 Å². The minimum absolute atomic E-state index is 0.295. The molecule has 2 aromatic carbocycles. The molecule has 0 aliphatic carbocycles. The van der Waals surface area contributed by atoms with Crippen LogP contribution in [0.5, 0.6) is 17.2 Å². The first-order valence-electron chi connectivity index (χ1n) is 8.65. The fourth-order valence-electron chi connectivity index (χ4n) is 2.24. The van der Waals surface area contributed by atoms with Crippen molar-refractivity contribution in [2.75, 3.05) is 20.3 Å². The quantitative estimate of drug-likeness (QED) is 0.330. The first-order chi connectivity index (χ1) is 13.1. The summed E-state index contributed by atoms with van der Waals surface area (Å²) in [6.45, 7) is 5.14. The lowest BCUT2D eigenvalue weighted by atomic mass is 10.2. The SMILES string of the molecule is CCCOc1c(I)cc(/C=N/NC(=O)c2ccc(OC)cc2)cc1OCC. The van der Waals surface area contributed by atoms with Crippen LogP contribution < -0.4 is 19.6 Å². The molecule has 1 amide bonds. The summed E-state index contributed by atoms with van der Waals surface area (Å²) in [5, 5.41) is 4.04. The first-order valence-corrected chi connectivity index (χ1v) is 9.73. The van der Waals surface area contributed by atoms with Gasteiger partial charge in [0, 0.05) is 5.56 Å². The van der Waals surface area contributed by atoms with Crippen LogP contribution in [0.4, 0.5) is 0 Å². The first kappa shape index (κ1) is 21.0. The molecule has 0 saturated carbocycles. The van der Waals surface area contributed by atoms with E-state index in [-0.39, 0.29) is 5.91 Å². The van der Waals surface area contributed by atoms with E-state index < -0.39 is 0 Å². The number of halogens is 1. The molecule has 0 aliphatic rings. The number of carbonyl (C=O) groups excluding carboxylic acids is 1. The van der Waals surface area contributed by atoms with Gasteiger partial charge in [0.2, 0.25) is 0 Å². The highest BCUT2D eigenvalue weighted by Crippen LogP contribution is 2.34.